The average Bonchev–Trinajstić information content (AvgIpc) is 2.49. The molecule has 0 aromatic heterocycles. The van der Waals surface area contributed by atoms with Crippen molar-refractivity contribution in [3.05, 3.63) is 24.3 Å². The monoisotopic (exact) mass is 275 g/mol. The van der Waals surface area contributed by atoms with Crippen LogP contribution in [0.1, 0.15) is 32.6 Å². The Kier molecular flexibility index (Phi) is 5.87. The van der Waals surface area contributed by atoms with Crippen molar-refractivity contribution in [2.75, 3.05) is 36.4 Å². The molecule has 0 saturated carbocycles. The Balaban J connectivity index is 1.83. The first-order chi connectivity index (χ1) is 9.79. The van der Waals surface area contributed by atoms with Crippen molar-refractivity contribution in [1.29, 1.82) is 0 Å². The summed E-state index contributed by atoms with van der Waals surface area (Å²) in [5, 5.41) is 6.08. The van der Waals surface area contributed by atoms with E-state index in [1.807, 2.05) is 19.1 Å². The predicted molar refractivity (Wildman–Crippen MR) is 84.3 cm³/mol. The van der Waals surface area contributed by atoms with E-state index in [9.17, 15) is 4.79 Å². The predicted octanol–water partition coefficient (Wildman–Crippen LogP) is 2.62. The molecule has 1 aliphatic heterocycles. The number of carbonyl (C=O) groups excluding carboxylic acids is 1. The molecule has 0 bridgehead atoms. The van der Waals surface area contributed by atoms with Crippen LogP contribution in [0.4, 0.5) is 11.4 Å². The lowest BCUT2D eigenvalue weighted by atomic mass is 10.1. The molecule has 110 valence electrons. The molecule has 1 heterocycles. The quantitative estimate of drug-likeness (QED) is 0.784. The fourth-order valence-corrected chi connectivity index (χ4v) is 2.51. The van der Waals surface area contributed by atoms with Gasteiger partial charge in [0.25, 0.3) is 0 Å². The Bertz CT molecular complexity index is 410. The van der Waals surface area contributed by atoms with Crippen LogP contribution in [0, 0.1) is 0 Å². The number of amides is 1. The maximum atomic E-state index is 11.7. The summed E-state index contributed by atoms with van der Waals surface area (Å²) >= 11 is 0. The van der Waals surface area contributed by atoms with Crippen LogP contribution in [0.5, 0.6) is 0 Å². The summed E-state index contributed by atoms with van der Waals surface area (Å²) in [7, 11) is 0. The first kappa shape index (κ1) is 14.9. The van der Waals surface area contributed by atoms with Crippen molar-refractivity contribution < 1.29 is 4.79 Å². The molecule has 0 radical (unpaired) electrons. The van der Waals surface area contributed by atoms with E-state index >= 15 is 0 Å². The number of anilines is 2. The Labute approximate surface area is 121 Å². The molecule has 4 nitrogen and oxygen atoms in total. The van der Waals surface area contributed by atoms with Crippen LogP contribution < -0.4 is 15.5 Å². The summed E-state index contributed by atoms with van der Waals surface area (Å²) in [4.78, 5) is 14.1. The summed E-state index contributed by atoms with van der Waals surface area (Å²) in [6, 6.07) is 8.20. The van der Waals surface area contributed by atoms with Gasteiger partial charge in [0.15, 0.2) is 0 Å². The molecule has 2 rings (SSSR count). The van der Waals surface area contributed by atoms with Gasteiger partial charge in [-0.2, -0.15) is 0 Å². The average molecular weight is 275 g/mol. The lowest BCUT2D eigenvalue weighted by Crippen LogP contribution is -2.29. The maximum Gasteiger partial charge on any atom is 0.225 e. The molecule has 2 N–H and O–H groups in total. The zero-order valence-corrected chi connectivity index (χ0v) is 12.3. The Hall–Kier alpha value is -1.55. The minimum Gasteiger partial charge on any atom is -0.372 e. The van der Waals surface area contributed by atoms with Gasteiger partial charge in [-0.05, 0) is 50.1 Å². The molecule has 1 aromatic rings. The first-order valence-corrected chi connectivity index (χ1v) is 7.65. The molecule has 1 saturated heterocycles. The number of carbonyl (C=O) groups is 1. The molecule has 1 amide bonds. The minimum atomic E-state index is 0.0664. The zero-order valence-electron chi connectivity index (χ0n) is 12.3. The zero-order chi connectivity index (χ0) is 14.2. The second-order valence-corrected chi connectivity index (χ2v) is 5.25. The highest BCUT2D eigenvalue weighted by Gasteiger charge is 2.10. The molecule has 20 heavy (non-hydrogen) atoms. The third kappa shape index (κ3) is 4.53. The maximum absolute atomic E-state index is 11.7. The van der Waals surface area contributed by atoms with Gasteiger partial charge in [0, 0.05) is 37.4 Å². The molecule has 1 aromatic carbocycles. The van der Waals surface area contributed by atoms with E-state index in [0.29, 0.717) is 6.42 Å². The molecular weight excluding hydrogens is 250 g/mol. The highest BCUT2D eigenvalue weighted by Crippen LogP contribution is 2.21. The molecule has 0 spiro atoms. The number of hydrogen-bond acceptors (Lipinski definition) is 3. The third-order valence-electron chi connectivity index (χ3n) is 3.65. The smallest absolute Gasteiger partial charge is 0.225 e. The van der Waals surface area contributed by atoms with Crippen molar-refractivity contribution in [2.45, 2.75) is 32.6 Å². The summed E-state index contributed by atoms with van der Waals surface area (Å²) < 4.78 is 0. The van der Waals surface area contributed by atoms with Gasteiger partial charge in [0.1, 0.15) is 0 Å². The van der Waals surface area contributed by atoms with Crippen LogP contribution in [0.15, 0.2) is 24.3 Å². The summed E-state index contributed by atoms with van der Waals surface area (Å²) in [6.45, 7) is 5.96. The van der Waals surface area contributed by atoms with Gasteiger partial charge < -0.3 is 15.5 Å². The molecule has 1 fully saturated rings. The second kappa shape index (κ2) is 7.90. The molecule has 1 aliphatic rings. The number of piperidine rings is 1. The van der Waals surface area contributed by atoms with Gasteiger partial charge in [-0.25, -0.2) is 0 Å². The van der Waals surface area contributed by atoms with E-state index in [2.05, 4.69) is 27.7 Å². The minimum absolute atomic E-state index is 0.0664. The van der Waals surface area contributed by atoms with E-state index in [1.54, 1.807) is 0 Å². The van der Waals surface area contributed by atoms with Gasteiger partial charge >= 0.3 is 0 Å². The lowest BCUT2D eigenvalue weighted by Gasteiger charge is -2.28. The Morgan fingerprint density at radius 1 is 1.15 bits per heavy atom. The van der Waals surface area contributed by atoms with Gasteiger partial charge in [-0.15, -0.1) is 0 Å². The van der Waals surface area contributed by atoms with Crippen molar-refractivity contribution in [2.24, 2.45) is 0 Å². The number of nitrogens with zero attached hydrogens (tertiary/aromatic N) is 1. The van der Waals surface area contributed by atoms with Crippen molar-refractivity contribution in [3.63, 3.8) is 0 Å². The lowest BCUT2D eigenvalue weighted by molar-refractivity contribution is -0.116. The SMILES string of the molecule is CCNCCC(=O)Nc1ccc(N2CCCCC2)cc1. The molecule has 0 aliphatic carbocycles. The van der Waals surface area contributed by atoms with Gasteiger partial charge in [0.2, 0.25) is 5.91 Å². The van der Waals surface area contributed by atoms with Crippen LogP contribution in [-0.4, -0.2) is 32.1 Å². The highest BCUT2D eigenvalue weighted by molar-refractivity contribution is 5.91. The van der Waals surface area contributed by atoms with Crippen LogP contribution in [0.3, 0.4) is 0 Å². The Morgan fingerprint density at radius 3 is 2.50 bits per heavy atom. The number of rotatable bonds is 6. The fourth-order valence-electron chi connectivity index (χ4n) is 2.51. The van der Waals surface area contributed by atoms with E-state index in [4.69, 9.17) is 0 Å². The van der Waals surface area contributed by atoms with E-state index < -0.39 is 0 Å². The van der Waals surface area contributed by atoms with Crippen LogP contribution in [0.2, 0.25) is 0 Å². The fraction of sp³-hybridized carbons (Fsp3) is 0.562. The van der Waals surface area contributed by atoms with E-state index in [-0.39, 0.29) is 5.91 Å². The molecule has 0 atom stereocenters. The Morgan fingerprint density at radius 2 is 1.85 bits per heavy atom. The third-order valence-corrected chi connectivity index (χ3v) is 3.65. The summed E-state index contributed by atoms with van der Waals surface area (Å²) in [6.07, 6.45) is 4.42. The van der Waals surface area contributed by atoms with Crippen molar-refractivity contribution in [3.8, 4) is 0 Å². The molecule has 4 heteroatoms. The number of hydrogen-bond donors (Lipinski definition) is 2. The molecule has 0 unspecified atom stereocenters. The standard InChI is InChI=1S/C16H25N3O/c1-2-17-11-10-16(20)18-14-6-8-15(9-7-14)19-12-4-3-5-13-19/h6-9,17H,2-5,10-13H2,1H3,(H,18,20). The second-order valence-electron chi connectivity index (χ2n) is 5.25. The van der Waals surface area contributed by atoms with Crippen molar-refractivity contribution >= 4 is 17.3 Å². The van der Waals surface area contributed by atoms with E-state index in [1.165, 1.54) is 24.9 Å². The van der Waals surface area contributed by atoms with Crippen LogP contribution in [-0.2, 0) is 4.79 Å². The van der Waals surface area contributed by atoms with Gasteiger partial charge in [0.05, 0.1) is 0 Å². The highest BCUT2D eigenvalue weighted by atomic mass is 16.1. The number of benzene rings is 1. The van der Waals surface area contributed by atoms with Gasteiger partial charge in [-0.3, -0.25) is 4.79 Å². The van der Waals surface area contributed by atoms with Crippen LogP contribution >= 0.6 is 0 Å². The van der Waals surface area contributed by atoms with Crippen molar-refractivity contribution in [1.82, 2.24) is 5.32 Å². The van der Waals surface area contributed by atoms with Gasteiger partial charge in [-0.1, -0.05) is 6.92 Å². The normalized spacial score (nSPS) is 15.2. The number of nitrogens with one attached hydrogen (secondary N) is 2. The summed E-state index contributed by atoms with van der Waals surface area (Å²) in [5.74, 6) is 0.0664. The molecular formula is C16H25N3O. The summed E-state index contributed by atoms with van der Waals surface area (Å²) in [5.41, 5.74) is 2.14. The topological polar surface area (TPSA) is 44.4 Å². The van der Waals surface area contributed by atoms with E-state index in [0.717, 1.165) is 31.9 Å². The first-order valence-electron chi connectivity index (χ1n) is 7.65. The largest absolute Gasteiger partial charge is 0.372 e. The van der Waals surface area contributed by atoms with Crippen LogP contribution in [0.25, 0.3) is 0 Å².